The molecular weight excluding hydrogens is 530 g/mol. The molecule has 0 bridgehead atoms. The number of allylic oxidation sites excluding steroid dienone is 2. The van der Waals surface area contributed by atoms with Gasteiger partial charge in [-0.15, -0.1) is 13.2 Å². The van der Waals surface area contributed by atoms with E-state index in [1.165, 1.54) is 25.6 Å². The zero-order valence-corrected chi connectivity index (χ0v) is 24.2. The van der Waals surface area contributed by atoms with E-state index in [2.05, 4.69) is 13.2 Å². The van der Waals surface area contributed by atoms with Gasteiger partial charge >= 0.3 is 5.97 Å². The van der Waals surface area contributed by atoms with Gasteiger partial charge in [0.15, 0.2) is 5.82 Å². The SMILES string of the molecule is C=CCCCCCS(=O)(=O)N(C)c1ccc2cc(-c3nc4cc(C(=O)OC)cc(OC)c4n3C)n(CC=C)c2n1. The number of esters is 1. The number of imidazole rings is 1. The maximum atomic E-state index is 13.0. The van der Waals surface area contributed by atoms with Gasteiger partial charge in [0.2, 0.25) is 10.0 Å². The summed E-state index contributed by atoms with van der Waals surface area (Å²) in [6.45, 7) is 8.03. The average molecular weight is 566 g/mol. The van der Waals surface area contributed by atoms with Crippen LogP contribution in [0.5, 0.6) is 5.75 Å². The number of anilines is 1. The second kappa shape index (κ2) is 12.0. The lowest BCUT2D eigenvalue weighted by molar-refractivity contribution is 0.0600. The molecule has 0 fully saturated rings. The molecule has 0 aliphatic carbocycles. The molecule has 0 atom stereocenters. The molecule has 0 spiro atoms. The molecule has 40 heavy (non-hydrogen) atoms. The van der Waals surface area contributed by atoms with E-state index in [1.807, 2.05) is 34.4 Å². The van der Waals surface area contributed by atoms with E-state index in [9.17, 15) is 13.2 Å². The third-order valence-electron chi connectivity index (χ3n) is 6.90. The molecule has 0 radical (unpaired) electrons. The highest BCUT2D eigenvalue weighted by Crippen LogP contribution is 2.34. The number of hydrogen-bond acceptors (Lipinski definition) is 7. The van der Waals surface area contributed by atoms with E-state index in [0.717, 1.165) is 30.3 Å². The number of sulfonamides is 1. The van der Waals surface area contributed by atoms with E-state index in [4.69, 9.17) is 19.4 Å². The van der Waals surface area contributed by atoms with E-state index in [1.54, 1.807) is 24.3 Å². The van der Waals surface area contributed by atoms with Crippen LogP contribution in [0.15, 0.2) is 55.6 Å². The second-order valence-corrected chi connectivity index (χ2v) is 11.6. The normalized spacial score (nSPS) is 11.6. The summed E-state index contributed by atoms with van der Waals surface area (Å²) in [4.78, 5) is 21.8. The summed E-state index contributed by atoms with van der Waals surface area (Å²) in [6.07, 6.45) is 6.79. The van der Waals surface area contributed by atoms with E-state index in [-0.39, 0.29) is 5.75 Å². The first-order valence-electron chi connectivity index (χ1n) is 13.0. The number of nitrogens with zero attached hydrogens (tertiary/aromatic N) is 5. The molecule has 11 heteroatoms. The molecule has 0 amide bonds. The highest BCUT2D eigenvalue weighted by molar-refractivity contribution is 7.92. The monoisotopic (exact) mass is 565 g/mol. The Morgan fingerprint density at radius 3 is 2.52 bits per heavy atom. The molecular formula is C29H35N5O5S. The number of ether oxygens (including phenoxy) is 2. The number of aryl methyl sites for hydroxylation is 1. The van der Waals surface area contributed by atoms with E-state index in [0.29, 0.717) is 52.6 Å². The van der Waals surface area contributed by atoms with Crippen molar-refractivity contribution in [1.82, 2.24) is 19.1 Å². The molecule has 0 saturated heterocycles. The number of rotatable bonds is 13. The summed E-state index contributed by atoms with van der Waals surface area (Å²) in [7, 11) is 2.73. The predicted octanol–water partition coefficient (Wildman–Crippen LogP) is 5.08. The van der Waals surface area contributed by atoms with Crippen LogP contribution >= 0.6 is 0 Å². The fraction of sp³-hybridized carbons (Fsp3) is 0.345. The fourth-order valence-electron chi connectivity index (χ4n) is 4.75. The number of aromatic nitrogens is 4. The topological polar surface area (TPSA) is 109 Å². The number of carbonyl (C=O) groups is 1. The van der Waals surface area contributed by atoms with Crippen molar-refractivity contribution in [2.24, 2.45) is 7.05 Å². The van der Waals surface area contributed by atoms with Crippen LogP contribution in [0.4, 0.5) is 5.82 Å². The van der Waals surface area contributed by atoms with Crippen molar-refractivity contribution in [3.8, 4) is 17.3 Å². The largest absolute Gasteiger partial charge is 0.494 e. The van der Waals surface area contributed by atoms with Gasteiger partial charge in [-0.2, -0.15) is 0 Å². The Labute approximate surface area is 234 Å². The first kappa shape index (κ1) is 28.9. The third kappa shape index (κ3) is 5.46. The minimum atomic E-state index is -3.54. The number of unbranched alkanes of at least 4 members (excludes halogenated alkanes) is 3. The summed E-state index contributed by atoms with van der Waals surface area (Å²) in [5.41, 5.74) is 2.98. The Morgan fingerprint density at radius 1 is 1.07 bits per heavy atom. The Morgan fingerprint density at radius 2 is 1.85 bits per heavy atom. The van der Waals surface area contributed by atoms with Crippen molar-refractivity contribution >= 4 is 43.9 Å². The van der Waals surface area contributed by atoms with Crippen LogP contribution in [0.3, 0.4) is 0 Å². The first-order valence-corrected chi connectivity index (χ1v) is 14.6. The lowest BCUT2D eigenvalue weighted by atomic mass is 10.2. The van der Waals surface area contributed by atoms with Gasteiger partial charge in [0.25, 0.3) is 0 Å². The van der Waals surface area contributed by atoms with Gasteiger partial charge in [-0.1, -0.05) is 18.6 Å². The minimum Gasteiger partial charge on any atom is -0.494 e. The molecule has 3 heterocycles. The maximum Gasteiger partial charge on any atom is 0.338 e. The summed E-state index contributed by atoms with van der Waals surface area (Å²) >= 11 is 0. The lowest BCUT2D eigenvalue weighted by Gasteiger charge is -2.19. The van der Waals surface area contributed by atoms with Gasteiger partial charge in [-0.05, 0) is 49.6 Å². The average Bonchev–Trinajstić information content (AvgIpc) is 3.48. The van der Waals surface area contributed by atoms with Crippen LogP contribution in [0.25, 0.3) is 33.6 Å². The lowest BCUT2D eigenvalue weighted by Crippen LogP contribution is -2.29. The van der Waals surface area contributed by atoms with Crippen molar-refractivity contribution in [2.45, 2.75) is 32.2 Å². The fourth-order valence-corrected chi connectivity index (χ4v) is 5.98. The summed E-state index contributed by atoms with van der Waals surface area (Å²) in [6, 6.07) is 8.82. The Hall–Kier alpha value is -4.12. The highest BCUT2D eigenvalue weighted by Gasteiger charge is 2.23. The van der Waals surface area contributed by atoms with Crippen LogP contribution in [0.2, 0.25) is 0 Å². The molecule has 0 aliphatic heterocycles. The van der Waals surface area contributed by atoms with Crippen molar-refractivity contribution < 1.29 is 22.7 Å². The minimum absolute atomic E-state index is 0.0501. The molecule has 4 aromatic rings. The number of benzene rings is 1. The Kier molecular flexibility index (Phi) is 8.63. The van der Waals surface area contributed by atoms with Crippen LogP contribution in [0.1, 0.15) is 36.0 Å². The second-order valence-electron chi connectivity index (χ2n) is 9.46. The molecule has 4 rings (SSSR count). The number of fused-ring (bicyclic) bond motifs is 2. The zero-order chi connectivity index (χ0) is 29.0. The van der Waals surface area contributed by atoms with E-state index >= 15 is 0 Å². The number of carbonyl (C=O) groups excluding carboxylic acids is 1. The van der Waals surface area contributed by atoms with Gasteiger partial charge in [0.05, 0.1) is 36.7 Å². The van der Waals surface area contributed by atoms with Crippen LogP contribution in [-0.4, -0.2) is 60.5 Å². The third-order valence-corrected chi connectivity index (χ3v) is 8.72. The van der Waals surface area contributed by atoms with Crippen LogP contribution in [0, 0.1) is 0 Å². The predicted molar refractivity (Wildman–Crippen MR) is 158 cm³/mol. The quantitative estimate of drug-likeness (QED) is 0.126. The molecule has 1 aromatic carbocycles. The van der Waals surface area contributed by atoms with Crippen molar-refractivity contribution in [1.29, 1.82) is 0 Å². The standard InChI is InChI=1S/C29H35N5O5S/c1-7-9-10-11-12-16-40(36,37)33(4)25-14-13-20-18-23(34(15-8-2)27(20)31-25)28-30-22-17-21(29(35)39-6)19-24(38-5)26(22)32(28)3/h7-8,13-14,17-19H,1-2,9-12,15-16H2,3-6H3. The van der Waals surface area contributed by atoms with Crippen LogP contribution in [-0.2, 0) is 28.4 Å². The Balaban J connectivity index is 1.78. The molecule has 10 nitrogen and oxygen atoms in total. The van der Waals surface area contributed by atoms with Crippen molar-refractivity contribution in [3.05, 3.63) is 61.2 Å². The van der Waals surface area contributed by atoms with E-state index < -0.39 is 16.0 Å². The molecule has 0 N–H and O–H groups in total. The summed E-state index contributed by atoms with van der Waals surface area (Å²) in [5.74, 6) is 1.01. The van der Waals surface area contributed by atoms with Gasteiger partial charge in [-0.25, -0.2) is 23.2 Å². The molecule has 0 aliphatic rings. The smallest absolute Gasteiger partial charge is 0.338 e. The molecule has 3 aromatic heterocycles. The highest BCUT2D eigenvalue weighted by atomic mass is 32.2. The summed E-state index contributed by atoms with van der Waals surface area (Å²) < 4.78 is 41.6. The number of methoxy groups -OCH3 is 2. The number of pyridine rings is 1. The van der Waals surface area contributed by atoms with Gasteiger partial charge in [0, 0.05) is 26.0 Å². The molecule has 212 valence electrons. The Bertz CT molecular complexity index is 1690. The van der Waals surface area contributed by atoms with Crippen molar-refractivity contribution in [3.63, 3.8) is 0 Å². The molecule has 0 unspecified atom stereocenters. The summed E-state index contributed by atoms with van der Waals surface area (Å²) in [5, 5.41) is 0.824. The van der Waals surface area contributed by atoms with Gasteiger partial charge in [-0.3, -0.25) is 4.31 Å². The van der Waals surface area contributed by atoms with Gasteiger partial charge in [0.1, 0.15) is 22.7 Å². The van der Waals surface area contributed by atoms with Crippen molar-refractivity contribution in [2.75, 3.05) is 31.3 Å². The first-order chi connectivity index (χ1) is 19.2. The maximum absolute atomic E-state index is 13.0. The molecule has 0 saturated carbocycles. The van der Waals surface area contributed by atoms with Crippen LogP contribution < -0.4 is 9.04 Å². The van der Waals surface area contributed by atoms with Gasteiger partial charge < -0.3 is 18.6 Å². The number of hydrogen-bond donors (Lipinski definition) is 0. The zero-order valence-electron chi connectivity index (χ0n) is 23.4.